The second kappa shape index (κ2) is 9.74. The minimum atomic E-state index is -0.675. The molecular weight excluding hydrogens is 426 g/mol. The second-order valence-electron chi connectivity index (χ2n) is 8.77. The molecule has 0 radical (unpaired) electrons. The first-order chi connectivity index (χ1) is 15.4. The molecule has 0 aliphatic carbocycles. The maximum atomic E-state index is 13.4. The Morgan fingerprint density at radius 1 is 1.16 bits per heavy atom. The van der Waals surface area contributed by atoms with Gasteiger partial charge >= 0.3 is 0 Å². The zero-order chi connectivity index (χ0) is 22.7. The normalized spacial score (nSPS) is 15.8. The van der Waals surface area contributed by atoms with Gasteiger partial charge in [-0.3, -0.25) is 9.59 Å². The second-order valence-corrected chi connectivity index (χ2v) is 9.21. The lowest BCUT2D eigenvalue weighted by atomic mass is 9.95. The first-order valence-electron chi connectivity index (χ1n) is 11.1. The number of carbonyl (C=O) groups excluding carboxylic acids is 2. The largest absolute Gasteiger partial charge is 0.440 e. The summed E-state index contributed by atoms with van der Waals surface area (Å²) in [4.78, 5) is 32.3. The molecule has 6 nitrogen and oxygen atoms in total. The van der Waals surface area contributed by atoms with Crippen LogP contribution in [-0.4, -0.2) is 34.8 Å². The number of fused-ring (bicyclic) bond motifs is 1. The SMILES string of the molecule is CC(C)CC(=O)NC(C(=O)N1CCC(c2nc3cc(Cl)ccc3o2)CC1)c1ccccc1. The molecule has 2 heterocycles. The standard InChI is InChI=1S/C25H28ClN3O3/c1-16(2)14-22(30)28-23(17-6-4-3-5-7-17)25(31)29-12-10-18(11-13-29)24-27-20-15-19(26)8-9-21(20)32-24/h3-9,15-16,18,23H,10-14H2,1-2H3,(H,28,30). The highest BCUT2D eigenvalue weighted by molar-refractivity contribution is 6.31. The van der Waals surface area contributed by atoms with Gasteiger partial charge in [-0.15, -0.1) is 0 Å². The number of likely N-dealkylation sites (tertiary alicyclic amines) is 1. The Morgan fingerprint density at radius 3 is 2.56 bits per heavy atom. The number of hydrogen-bond donors (Lipinski definition) is 1. The Morgan fingerprint density at radius 2 is 1.88 bits per heavy atom. The van der Waals surface area contributed by atoms with Crippen LogP contribution in [0.5, 0.6) is 0 Å². The summed E-state index contributed by atoms with van der Waals surface area (Å²) in [7, 11) is 0. The highest BCUT2D eigenvalue weighted by Gasteiger charge is 2.32. The van der Waals surface area contributed by atoms with Gasteiger partial charge in [0.25, 0.3) is 0 Å². The van der Waals surface area contributed by atoms with Crippen molar-refractivity contribution in [2.45, 2.75) is 45.1 Å². The molecule has 3 aromatic rings. The average molecular weight is 454 g/mol. The van der Waals surface area contributed by atoms with Crippen molar-refractivity contribution in [3.05, 3.63) is 65.0 Å². The molecule has 168 valence electrons. The summed E-state index contributed by atoms with van der Waals surface area (Å²) in [6.07, 6.45) is 1.90. The van der Waals surface area contributed by atoms with Crippen LogP contribution in [-0.2, 0) is 9.59 Å². The number of rotatable bonds is 6. The maximum absolute atomic E-state index is 13.4. The van der Waals surface area contributed by atoms with Crippen molar-refractivity contribution in [1.29, 1.82) is 0 Å². The molecule has 1 N–H and O–H groups in total. The fourth-order valence-corrected chi connectivity index (χ4v) is 4.31. The first kappa shape index (κ1) is 22.3. The fraction of sp³-hybridized carbons (Fsp3) is 0.400. The number of nitrogens with one attached hydrogen (secondary N) is 1. The number of amides is 2. The molecule has 7 heteroatoms. The zero-order valence-electron chi connectivity index (χ0n) is 18.4. The lowest BCUT2D eigenvalue weighted by Gasteiger charge is -2.33. The number of carbonyl (C=O) groups is 2. The molecule has 0 spiro atoms. The molecule has 0 bridgehead atoms. The van der Waals surface area contributed by atoms with Gasteiger partial charge < -0.3 is 14.6 Å². The zero-order valence-corrected chi connectivity index (χ0v) is 19.1. The van der Waals surface area contributed by atoms with E-state index >= 15 is 0 Å². The van der Waals surface area contributed by atoms with E-state index in [4.69, 9.17) is 16.0 Å². The third kappa shape index (κ3) is 5.13. The molecule has 1 saturated heterocycles. The van der Waals surface area contributed by atoms with Crippen LogP contribution in [0, 0.1) is 5.92 Å². The highest BCUT2D eigenvalue weighted by atomic mass is 35.5. The number of oxazole rings is 1. The van der Waals surface area contributed by atoms with Crippen molar-refractivity contribution in [1.82, 2.24) is 15.2 Å². The van der Waals surface area contributed by atoms with Crippen LogP contribution in [0.1, 0.15) is 56.5 Å². The van der Waals surface area contributed by atoms with Crippen LogP contribution in [0.15, 0.2) is 52.9 Å². The van der Waals surface area contributed by atoms with E-state index in [1.54, 1.807) is 12.1 Å². The number of piperidine rings is 1. The van der Waals surface area contributed by atoms with Gasteiger partial charge in [-0.2, -0.15) is 0 Å². The van der Waals surface area contributed by atoms with Gasteiger partial charge in [-0.05, 0) is 42.5 Å². The van der Waals surface area contributed by atoms with Gasteiger partial charge in [0, 0.05) is 30.5 Å². The monoisotopic (exact) mass is 453 g/mol. The molecule has 1 aromatic heterocycles. The average Bonchev–Trinajstić information content (AvgIpc) is 3.20. The van der Waals surface area contributed by atoms with E-state index in [9.17, 15) is 9.59 Å². The van der Waals surface area contributed by atoms with Gasteiger partial charge in [-0.25, -0.2) is 4.98 Å². The number of nitrogens with zero attached hydrogens (tertiary/aromatic N) is 2. The van der Waals surface area contributed by atoms with Crippen molar-refractivity contribution in [2.24, 2.45) is 5.92 Å². The summed E-state index contributed by atoms with van der Waals surface area (Å²) in [5, 5.41) is 3.58. The van der Waals surface area contributed by atoms with E-state index in [0.717, 1.165) is 29.5 Å². The number of hydrogen-bond acceptors (Lipinski definition) is 4. The summed E-state index contributed by atoms with van der Waals surface area (Å²) < 4.78 is 5.93. The molecule has 0 saturated carbocycles. The quantitative estimate of drug-likeness (QED) is 0.564. The summed E-state index contributed by atoms with van der Waals surface area (Å²) in [6.45, 7) is 5.16. The van der Waals surface area contributed by atoms with Gasteiger partial charge in [0.05, 0.1) is 0 Å². The molecule has 1 fully saturated rings. The smallest absolute Gasteiger partial charge is 0.249 e. The molecule has 2 amide bonds. The maximum Gasteiger partial charge on any atom is 0.249 e. The van der Waals surface area contributed by atoms with Gasteiger partial charge in [-0.1, -0.05) is 55.8 Å². The van der Waals surface area contributed by atoms with E-state index in [-0.39, 0.29) is 23.7 Å². The third-order valence-electron chi connectivity index (χ3n) is 5.80. The van der Waals surface area contributed by atoms with Crippen LogP contribution in [0.4, 0.5) is 0 Å². The topological polar surface area (TPSA) is 75.4 Å². The van der Waals surface area contributed by atoms with E-state index in [2.05, 4.69) is 10.3 Å². The van der Waals surface area contributed by atoms with E-state index in [0.29, 0.717) is 30.4 Å². The summed E-state index contributed by atoms with van der Waals surface area (Å²) in [5.74, 6) is 0.886. The van der Waals surface area contributed by atoms with Gasteiger partial charge in [0.1, 0.15) is 11.6 Å². The molecule has 2 aromatic carbocycles. The van der Waals surface area contributed by atoms with Crippen LogP contribution in [0.3, 0.4) is 0 Å². The van der Waals surface area contributed by atoms with E-state index in [1.807, 2.05) is 55.1 Å². The third-order valence-corrected chi connectivity index (χ3v) is 6.04. The minimum Gasteiger partial charge on any atom is -0.440 e. The predicted molar refractivity (Wildman–Crippen MR) is 124 cm³/mol. The van der Waals surface area contributed by atoms with Gasteiger partial charge in [0.15, 0.2) is 11.5 Å². The lowest BCUT2D eigenvalue weighted by molar-refractivity contribution is -0.137. The predicted octanol–water partition coefficient (Wildman–Crippen LogP) is 5.09. The Hall–Kier alpha value is -2.86. The van der Waals surface area contributed by atoms with Crippen LogP contribution >= 0.6 is 11.6 Å². The highest BCUT2D eigenvalue weighted by Crippen LogP contribution is 2.31. The van der Waals surface area contributed by atoms with Crippen LogP contribution < -0.4 is 5.32 Å². The molecule has 4 rings (SSSR count). The number of aromatic nitrogens is 1. The minimum absolute atomic E-state index is 0.0731. The van der Waals surface area contributed by atoms with Crippen molar-refractivity contribution >= 4 is 34.5 Å². The number of benzene rings is 2. The van der Waals surface area contributed by atoms with Crippen molar-refractivity contribution in [2.75, 3.05) is 13.1 Å². The fourth-order valence-electron chi connectivity index (χ4n) is 4.15. The Balaban J connectivity index is 1.45. The van der Waals surface area contributed by atoms with E-state index in [1.165, 1.54) is 0 Å². The van der Waals surface area contributed by atoms with Gasteiger partial charge in [0.2, 0.25) is 11.8 Å². The van der Waals surface area contributed by atoms with Crippen molar-refractivity contribution in [3.8, 4) is 0 Å². The Labute approximate surface area is 192 Å². The molecule has 1 aliphatic rings. The molecule has 1 unspecified atom stereocenters. The summed E-state index contributed by atoms with van der Waals surface area (Å²) >= 11 is 6.06. The summed E-state index contributed by atoms with van der Waals surface area (Å²) in [5.41, 5.74) is 2.27. The van der Waals surface area contributed by atoms with Crippen molar-refractivity contribution < 1.29 is 14.0 Å². The summed E-state index contributed by atoms with van der Waals surface area (Å²) in [6, 6.07) is 14.2. The Bertz CT molecular complexity index is 1090. The molecular formula is C25H28ClN3O3. The molecule has 1 aliphatic heterocycles. The lowest BCUT2D eigenvalue weighted by Crippen LogP contribution is -2.46. The van der Waals surface area contributed by atoms with Crippen molar-refractivity contribution in [3.63, 3.8) is 0 Å². The number of halogens is 1. The first-order valence-corrected chi connectivity index (χ1v) is 11.5. The Kier molecular flexibility index (Phi) is 6.80. The molecule has 1 atom stereocenters. The molecule has 32 heavy (non-hydrogen) atoms. The van der Waals surface area contributed by atoms with Crippen LogP contribution in [0.25, 0.3) is 11.1 Å². The van der Waals surface area contributed by atoms with E-state index < -0.39 is 6.04 Å². The van der Waals surface area contributed by atoms with Crippen LogP contribution in [0.2, 0.25) is 5.02 Å².